The van der Waals surface area contributed by atoms with E-state index in [0.29, 0.717) is 6.42 Å². The topological polar surface area (TPSA) is 43.4 Å². The van der Waals surface area contributed by atoms with Crippen molar-refractivity contribution in [1.29, 1.82) is 0 Å². The largest absolute Gasteiger partial charge is 0.456 e. The summed E-state index contributed by atoms with van der Waals surface area (Å²) >= 11 is 2.82. The number of carbonyl (C=O) groups excluding carboxylic acids is 2. The van der Waals surface area contributed by atoms with Crippen LogP contribution in [-0.4, -0.2) is 40.4 Å². The van der Waals surface area contributed by atoms with Crippen molar-refractivity contribution < 1.29 is 14.3 Å². The van der Waals surface area contributed by atoms with Crippen molar-refractivity contribution in [2.75, 3.05) is 12.5 Å². The van der Waals surface area contributed by atoms with Crippen LogP contribution in [0, 0.1) is 0 Å². The van der Waals surface area contributed by atoms with Gasteiger partial charge in [-0.05, 0) is 18.6 Å². The fraction of sp³-hybridized carbons (Fsp3) is 0.600. The normalized spacial score (nSPS) is 39.1. The Hall–Kier alpha value is -0.420. The fourth-order valence-corrected chi connectivity index (χ4v) is 4.24. The zero-order valence-corrected chi connectivity index (χ0v) is 10.2. The van der Waals surface area contributed by atoms with E-state index < -0.39 is 4.75 Å². The third-order valence-corrected chi connectivity index (χ3v) is 5.26. The van der Waals surface area contributed by atoms with Crippen molar-refractivity contribution in [2.45, 2.75) is 22.5 Å². The van der Waals surface area contributed by atoms with E-state index in [1.54, 1.807) is 0 Å². The SMILES string of the molecule is CS[C@H]1C(=O)C[C@@H]2C=C[C@@]1(SC)C(=O)O2. The summed E-state index contributed by atoms with van der Waals surface area (Å²) in [5.74, 6) is -0.162. The zero-order chi connectivity index (χ0) is 11.1. The molecule has 0 N–H and O–H groups in total. The highest BCUT2D eigenvalue weighted by Gasteiger charge is 2.53. The molecule has 1 aliphatic carbocycles. The molecule has 0 radical (unpaired) electrons. The molecule has 3 nitrogen and oxygen atoms in total. The third-order valence-electron chi connectivity index (χ3n) is 2.79. The van der Waals surface area contributed by atoms with Gasteiger partial charge in [0.15, 0.2) is 5.78 Å². The van der Waals surface area contributed by atoms with Gasteiger partial charge in [-0.2, -0.15) is 11.8 Å². The molecule has 0 aromatic heterocycles. The molecule has 0 aromatic rings. The molecule has 82 valence electrons. The van der Waals surface area contributed by atoms with Crippen LogP contribution < -0.4 is 0 Å². The number of hydrogen-bond acceptors (Lipinski definition) is 5. The number of thioether (sulfide) groups is 2. The summed E-state index contributed by atoms with van der Waals surface area (Å²) in [5.41, 5.74) is 0. The minimum absolute atomic E-state index is 0.109. The molecule has 2 bridgehead atoms. The average molecular weight is 244 g/mol. The Morgan fingerprint density at radius 2 is 2.20 bits per heavy atom. The van der Waals surface area contributed by atoms with Crippen molar-refractivity contribution in [3.8, 4) is 0 Å². The van der Waals surface area contributed by atoms with Crippen LogP contribution in [0.5, 0.6) is 0 Å². The van der Waals surface area contributed by atoms with Gasteiger partial charge in [-0.15, -0.1) is 11.8 Å². The molecule has 1 saturated heterocycles. The van der Waals surface area contributed by atoms with Gasteiger partial charge in [-0.25, -0.2) is 0 Å². The molecule has 3 atom stereocenters. The Morgan fingerprint density at radius 1 is 1.47 bits per heavy atom. The second-order valence-electron chi connectivity index (χ2n) is 3.59. The molecule has 0 spiro atoms. The summed E-state index contributed by atoms with van der Waals surface area (Å²) in [5, 5.41) is -0.316. The second-order valence-corrected chi connectivity index (χ2v) is 5.61. The number of ketones is 1. The smallest absolute Gasteiger partial charge is 0.328 e. The van der Waals surface area contributed by atoms with E-state index in [2.05, 4.69) is 0 Å². The molecule has 0 saturated carbocycles. The maximum atomic E-state index is 11.9. The number of fused-ring (bicyclic) bond motifs is 3. The van der Waals surface area contributed by atoms with E-state index in [1.807, 2.05) is 24.7 Å². The van der Waals surface area contributed by atoms with Gasteiger partial charge in [0, 0.05) is 6.42 Å². The zero-order valence-electron chi connectivity index (χ0n) is 8.56. The lowest BCUT2D eigenvalue weighted by atomic mass is 10.0. The highest BCUT2D eigenvalue weighted by Crippen LogP contribution is 2.43. The van der Waals surface area contributed by atoms with E-state index in [0.717, 1.165) is 0 Å². The molecular weight excluding hydrogens is 232 g/mol. The van der Waals surface area contributed by atoms with Crippen LogP contribution in [0.2, 0.25) is 0 Å². The summed E-state index contributed by atoms with van der Waals surface area (Å²) in [4.78, 5) is 23.8. The maximum absolute atomic E-state index is 11.9. The lowest BCUT2D eigenvalue weighted by molar-refractivity contribution is -0.148. The first-order valence-electron chi connectivity index (χ1n) is 4.65. The number of rotatable bonds is 2. The molecule has 2 heterocycles. The van der Waals surface area contributed by atoms with E-state index in [-0.39, 0.29) is 23.1 Å². The van der Waals surface area contributed by atoms with E-state index >= 15 is 0 Å². The van der Waals surface area contributed by atoms with Crippen LogP contribution in [0.3, 0.4) is 0 Å². The minimum Gasteiger partial charge on any atom is -0.456 e. The van der Waals surface area contributed by atoms with Crippen molar-refractivity contribution in [3.63, 3.8) is 0 Å². The molecule has 0 unspecified atom stereocenters. The van der Waals surface area contributed by atoms with Crippen molar-refractivity contribution in [2.24, 2.45) is 0 Å². The Balaban J connectivity index is 2.50. The predicted octanol–water partition coefficient (Wildman–Crippen LogP) is 1.27. The lowest BCUT2D eigenvalue weighted by Gasteiger charge is -2.32. The molecule has 3 rings (SSSR count). The summed E-state index contributed by atoms with van der Waals surface area (Å²) in [6.45, 7) is 0. The van der Waals surface area contributed by atoms with Gasteiger partial charge in [-0.1, -0.05) is 6.08 Å². The van der Waals surface area contributed by atoms with Gasteiger partial charge < -0.3 is 4.74 Å². The molecular formula is C10H12O3S2. The molecule has 15 heavy (non-hydrogen) atoms. The van der Waals surface area contributed by atoms with Crippen LogP contribution in [0.1, 0.15) is 6.42 Å². The standard InChI is InChI=1S/C10H12O3S2/c1-14-8-7(11)5-6-3-4-10(8,15-2)9(12)13-6/h3-4,6,8H,5H2,1-2H3/t6-,8-,10-/m0/s1. The van der Waals surface area contributed by atoms with Crippen LogP contribution in [-0.2, 0) is 14.3 Å². The van der Waals surface area contributed by atoms with Gasteiger partial charge in [0.25, 0.3) is 0 Å². The third kappa shape index (κ3) is 1.52. The first kappa shape index (κ1) is 11.1. The number of hydrogen-bond donors (Lipinski definition) is 0. The molecule has 5 heteroatoms. The van der Waals surface area contributed by atoms with Crippen LogP contribution in [0.25, 0.3) is 0 Å². The van der Waals surface area contributed by atoms with Gasteiger partial charge >= 0.3 is 5.97 Å². The van der Waals surface area contributed by atoms with Crippen molar-refractivity contribution in [1.82, 2.24) is 0 Å². The van der Waals surface area contributed by atoms with Gasteiger partial charge in [0.1, 0.15) is 10.9 Å². The van der Waals surface area contributed by atoms with Crippen LogP contribution in [0.4, 0.5) is 0 Å². The van der Waals surface area contributed by atoms with Gasteiger partial charge in [-0.3, -0.25) is 9.59 Å². The Bertz CT molecular complexity index is 338. The molecule has 2 aliphatic heterocycles. The molecule has 0 aromatic carbocycles. The van der Waals surface area contributed by atoms with Gasteiger partial charge in [0.2, 0.25) is 0 Å². The highest BCUT2D eigenvalue weighted by molar-refractivity contribution is 8.04. The Morgan fingerprint density at radius 3 is 2.73 bits per heavy atom. The first-order valence-corrected chi connectivity index (χ1v) is 7.16. The quantitative estimate of drug-likeness (QED) is 0.540. The monoisotopic (exact) mass is 244 g/mol. The summed E-state index contributed by atoms with van der Waals surface area (Å²) in [6.07, 6.45) is 7.36. The predicted molar refractivity (Wildman–Crippen MR) is 62.2 cm³/mol. The molecule has 0 amide bonds. The number of ether oxygens (including phenoxy) is 1. The maximum Gasteiger partial charge on any atom is 0.328 e. The first-order chi connectivity index (χ1) is 7.14. The average Bonchev–Trinajstić information content (AvgIpc) is 2.40. The van der Waals surface area contributed by atoms with Crippen molar-refractivity contribution >= 4 is 35.3 Å². The van der Waals surface area contributed by atoms with Gasteiger partial charge in [0.05, 0.1) is 5.25 Å². The molecule has 1 fully saturated rings. The highest BCUT2D eigenvalue weighted by atomic mass is 32.2. The minimum atomic E-state index is -0.802. The number of Topliss-reactive ketones (excluding diaryl/α,β-unsaturated/α-hetero) is 1. The van der Waals surface area contributed by atoms with Crippen LogP contribution >= 0.6 is 23.5 Å². The van der Waals surface area contributed by atoms with Crippen molar-refractivity contribution in [3.05, 3.63) is 12.2 Å². The lowest BCUT2D eigenvalue weighted by Crippen LogP contribution is -2.47. The summed E-state index contributed by atoms with van der Waals surface area (Å²) < 4.78 is 4.42. The van der Waals surface area contributed by atoms with E-state index in [9.17, 15) is 9.59 Å². The second kappa shape index (κ2) is 3.87. The van der Waals surface area contributed by atoms with E-state index in [1.165, 1.54) is 23.5 Å². The number of esters is 1. The Kier molecular flexibility index (Phi) is 2.85. The van der Waals surface area contributed by atoms with Crippen LogP contribution in [0.15, 0.2) is 12.2 Å². The summed E-state index contributed by atoms with van der Waals surface area (Å²) in [7, 11) is 0. The van der Waals surface area contributed by atoms with E-state index in [4.69, 9.17) is 4.74 Å². The Labute approximate surface area is 97.0 Å². The molecule has 3 aliphatic rings. The fourth-order valence-electron chi connectivity index (χ4n) is 2.00. The summed E-state index contributed by atoms with van der Waals surface area (Å²) in [6, 6.07) is 0. The number of carbonyl (C=O) groups is 2.